The minimum absolute atomic E-state index is 0.0932. The van der Waals surface area contributed by atoms with Gasteiger partial charge in [-0.3, -0.25) is 4.79 Å². The van der Waals surface area contributed by atoms with Crippen molar-refractivity contribution >= 4 is 22.4 Å². The molecule has 1 aliphatic rings. The average Bonchev–Trinajstić information content (AvgIpc) is 2.94. The number of aryl methyl sites for hydroxylation is 1. The third kappa shape index (κ3) is 4.05. The zero-order valence-electron chi connectivity index (χ0n) is 14.2. The molecular formula is C18H22FN3O2S. The number of rotatable bonds is 5. The van der Waals surface area contributed by atoms with Crippen molar-refractivity contribution in [3.05, 3.63) is 46.2 Å². The third-order valence-corrected chi connectivity index (χ3v) is 5.76. The molecule has 0 spiro atoms. The first kappa shape index (κ1) is 18.0. The van der Waals surface area contributed by atoms with Crippen molar-refractivity contribution < 1.29 is 13.9 Å². The number of amides is 1. The molecule has 2 aromatic rings. The molecule has 2 heterocycles. The zero-order valence-corrected chi connectivity index (χ0v) is 15.0. The second-order valence-corrected chi connectivity index (χ2v) is 7.47. The van der Waals surface area contributed by atoms with Gasteiger partial charge in [-0.05, 0) is 37.5 Å². The van der Waals surface area contributed by atoms with Crippen LogP contribution in [0.2, 0.25) is 0 Å². The lowest BCUT2D eigenvalue weighted by Crippen LogP contribution is -2.46. The number of carbonyl (C=O) groups excluding carboxylic acids is 1. The molecule has 25 heavy (non-hydrogen) atoms. The molecule has 0 saturated carbocycles. The van der Waals surface area contributed by atoms with E-state index in [2.05, 4.69) is 10.3 Å². The number of nitrogens with two attached hydrogens (primary N) is 1. The van der Waals surface area contributed by atoms with E-state index in [1.54, 1.807) is 6.07 Å². The number of benzene rings is 1. The highest BCUT2D eigenvalue weighted by Crippen LogP contribution is 2.32. The van der Waals surface area contributed by atoms with E-state index in [0.29, 0.717) is 44.2 Å². The highest BCUT2D eigenvalue weighted by atomic mass is 32.1. The number of carbonyl (C=O) groups is 1. The van der Waals surface area contributed by atoms with Crippen LogP contribution in [0.5, 0.6) is 0 Å². The van der Waals surface area contributed by atoms with Gasteiger partial charge in [-0.2, -0.15) is 0 Å². The number of ether oxygens (including phenoxy) is 1. The summed E-state index contributed by atoms with van der Waals surface area (Å²) < 4.78 is 18.7. The van der Waals surface area contributed by atoms with E-state index < -0.39 is 5.41 Å². The second-order valence-electron chi connectivity index (χ2n) is 6.39. The molecule has 0 atom stereocenters. The fraction of sp³-hybridized carbons (Fsp3) is 0.444. The van der Waals surface area contributed by atoms with Crippen LogP contribution in [0.15, 0.2) is 24.3 Å². The highest BCUT2D eigenvalue weighted by Gasteiger charge is 2.39. The van der Waals surface area contributed by atoms with E-state index in [4.69, 9.17) is 10.5 Å². The van der Waals surface area contributed by atoms with Crippen molar-refractivity contribution in [2.45, 2.75) is 26.2 Å². The molecular weight excluding hydrogens is 341 g/mol. The Balaban J connectivity index is 1.72. The molecule has 3 N–H and O–H groups in total. The van der Waals surface area contributed by atoms with Crippen molar-refractivity contribution in [3.63, 3.8) is 0 Å². The van der Waals surface area contributed by atoms with Crippen molar-refractivity contribution in [2.24, 2.45) is 11.1 Å². The first-order chi connectivity index (χ1) is 12.0. The molecule has 1 aromatic heterocycles. The Morgan fingerprint density at radius 2 is 2.20 bits per heavy atom. The fourth-order valence-corrected chi connectivity index (χ4v) is 3.99. The van der Waals surface area contributed by atoms with Gasteiger partial charge in [0.2, 0.25) is 5.91 Å². The van der Waals surface area contributed by atoms with Gasteiger partial charge in [-0.1, -0.05) is 12.1 Å². The van der Waals surface area contributed by atoms with E-state index in [-0.39, 0.29) is 11.7 Å². The quantitative estimate of drug-likeness (QED) is 0.856. The van der Waals surface area contributed by atoms with Gasteiger partial charge in [-0.15, -0.1) is 11.3 Å². The third-order valence-electron chi connectivity index (χ3n) is 4.69. The van der Waals surface area contributed by atoms with Crippen molar-refractivity contribution in [3.8, 4) is 0 Å². The maximum absolute atomic E-state index is 13.3. The van der Waals surface area contributed by atoms with Crippen molar-refractivity contribution in [1.29, 1.82) is 0 Å². The number of nitrogens with zero attached hydrogens (tertiary/aromatic N) is 1. The largest absolute Gasteiger partial charge is 0.381 e. The second kappa shape index (κ2) is 7.59. The van der Waals surface area contributed by atoms with Crippen molar-refractivity contribution in [2.75, 3.05) is 25.1 Å². The Labute approximate surface area is 150 Å². The molecule has 0 aliphatic carbocycles. The van der Waals surface area contributed by atoms with E-state index in [9.17, 15) is 9.18 Å². The number of hydrogen-bond donors (Lipinski definition) is 2. The van der Waals surface area contributed by atoms with Gasteiger partial charge in [0.1, 0.15) is 5.82 Å². The maximum atomic E-state index is 13.3. The molecule has 1 aliphatic heterocycles. The molecule has 1 aromatic carbocycles. The summed E-state index contributed by atoms with van der Waals surface area (Å²) in [4.78, 5) is 18.2. The molecule has 1 saturated heterocycles. The van der Waals surface area contributed by atoms with Crippen molar-refractivity contribution in [1.82, 2.24) is 4.98 Å². The van der Waals surface area contributed by atoms with Gasteiger partial charge < -0.3 is 15.8 Å². The monoisotopic (exact) mass is 363 g/mol. The predicted molar refractivity (Wildman–Crippen MR) is 96.2 cm³/mol. The fourth-order valence-electron chi connectivity index (χ4n) is 2.99. The highest BCUT2D eigenvalue weighted by molar-refractivity contribution is 7.15. The summed E-state index contributed by atoms with van der Waals surface area (Å²) in [6, 6.07) is 6.52. The van der Waals surface area contributed by atoms with Crippen LogP contribution in [-0.2, 0) is 16.0 Å². The molecule has 7 heteroatoms. The molecule has 134 valence electrons. The van der Waals surface area contributed by atoms with Gasteiger partial charge >= 0.3 is 0 Å². The summed E-state index contributed by atoms with van der Waals surface area (Å²) in [5.41, 5.74) is 7.02. The van der Waals surface area contributed by atoms with Crippen LogP contribution in [0.3, 0.4) is 0 Å². The van der Waals surface area contributed by atoms with Gasteiger partial charge in [-0.25, -0.2) is 9.37 Å². The first-order valence-electron chi connectivity index (χ1n) is 8.32. The molecule has 3 rings (SSSR count). The molecule has 0 radical (unpaired) electrons. The zero-order chi connectivity index (χ0) is 17.9. The lowest BCUT2D eigenvalue weighted by atomic mass is 9.79. The summed E-state index contributed by atoms with van der Waals surface area (Å²) >= 11 is 1.42. The minimum atomic E-state index is -0.583. The Morgan fingerprint density at radius 3 is 2.88 bits per heavy atom. The number of hydrogen-bond acceptors (Lipinski definition) is 5. The molecule has 1 fully saturated rings. The van der Waals surface area contributed by atoms with Crippen LogP contribution in [-0.4, -0.2) is 30.6 Å². The Morgan fingerprint density at radius 1 is 1.44 bits per heavy atom. The number of halogens is 1. The van der Waals surface area contributed by atoms with Gasteiger partial charge in [0.15, 0.2) is 5.13 Å². The molecule has 0 bridgehead atoms. The smallest absolute Gasteiger partial charge is 0.233 e. The number of thiazole rings is 1. The van der Waals surface area contributed by atoms with Gasteiger partial charge in [0.05, 0.1) is 11.1 Å². The van der Waals surface area contributed by atoms with Crippen LogP contribution < -0.4 is 11.1 Å². The van der Waals surface area contributed by atoms with Crippen LogP contribution in [0.1, 0.15) is 29.0 Å². The predicted octanol–water partition coefficient (Wildman–Crippen LogP) is 2.88. The van der Waals surface area contributed by atoms with E-state index in [1.807, 2.05) is 13.0 Å². The number of nitrogens with one attached hydrogen (secondary N) is 1. The average molecular weight is 363 g/mol. The summed E-state index contributed by atoms with van der Waals surface area (Å²) in [5, 5.41) is 3.48. The summed E-state index contributed by atoms with van der Waals surface area (Å²) in [5.74, 6) is -0.345. The van der Waals surface area contributed by atoms with Gasteiger partial charge in [0.25, 0.3) is 0 Å². The SMILES string of the molecule is Cc1nc(NC(=O)C2(CN)CCOCC2)sc1Cc1cccc(F)c1. The summed E-state index contributed by atoms with van der Waals surface area (Å²) in [7, 11) is 0. The van der Waals surface area contributed by atoms with Crippen LogP contribution in [0, 0.1) is 18.2 Å². The number of anilines is 1. The summed E-state index contributed by atoms with van der Waals surface area (Å²) in [6.45, 7) is 3.29. The lowest BCUT2D eigenvalue weighted by molar-refractivity contribution is -0.130. The molecule has 1 amide bonds. The topological polar surface area (TPSA) is 77.2 Å². The van der Waals surface area contributed by atoms with Crippen LogP contribution >= 0.6 is 11.3 Å². The lowest BCUT2D eigenvalue weighted by Gasteiger charge is -2.34. The van der Waals surface area contributed by atoms with E-state index >= 15 is 0 Å². The van der Waals surface area contributed by atoms with Crippen LogP contribution in [0.25, 0.3) is 0 Å². The van der Waals surface area contributed by atoms with Crippen LogP contribution in [0.4, 0.5) is 9.52 Å². The standard InChI is InChI=1S/C18H22FN3O2S/c1-12-15(10-13-3-2-4-14(19)9-13)25-17(21-12)22-16(23)18(11-20)5-7-24-8-6-18/h2-4,9H,5-8,10-11,20H2,1H3,(H,21,22,23). The molecule has 0 unspecified atom stereocenters. The van der Waals surface area contributed by atoms with E-state index in [1.165, 1.54) is 23.5 Å². The van der Waals surface area contributed by atoms with E-state index in [0.717, 1.165) is 16.1 Å². The first-order valence-corrected chi connectivity index (χ1v) is 9.14. The Hall–Kier alpha value is -1.83. The Kier molecular flexibility index (Phi) is 5.46. The normalized spacial score (nSPS) is 16.6. The maximum Gasteiger partial charge on any atom is 0.233 e. The Bertz CT molecular complexity index is 757. The minimum Gasteiger partial charge on any atom is -0.381 e. The molecule has 5 nitrogen and oxygen atoms in total. The summed E-state index contributed by atoms with van der Waals surface area (Å²) in [6.07, 6.45) is 1.83. The van der Waals surface area contributed by atoms with Gasteiger partial charge in [0, 0.05) is 31.1 Å². The number of aromatic nitrogens is 1.